The minimum atomic E-state index is -3.76. The molecule has 3 rings (SSSR count). The van der Waals surface area contributed by atoms with Gasteiger partial charge in [-0.15, -0.1) is 0 Å². The lowest BCUT2D eigenvalue weighted by Crippen LogP contribution is -2.35. The molecule has 114 valence electrons. The number of fused-ring (bicyclic) bond motifs is 1. The Bertz CT molecular complexity index is 816. The summed E-state index contributed by atoms with van der Waals surface area (Å²) in [6, 6.07) is 13.8. The van der Waals surface area contributed by atoms with Crippen molar-refractivity contribution in [2.45, 2.75) is 17.9 Å². The molecule has 2 aromatic carbocycles. The molecule has 22 heavy (non-hydrogen) atoms. The number of benzene rings is 2. The minimum absolute atomic E-state index is 0.00490. The molecule has 0 bridgehead atoms. The molecule has 0 N–H and O–H groups in total. The number of hydrogen-bond donors (Lipinski definition) is 0. The van der Waals surface area contributed by atoms with Crippen molar-refractivity contribution >= 4 is 25.6 Å². The molecule has 2 aromatic rings. The van der Waals surface area contributed by atoms with E-state index >= 15 is 0 Å². The van der Waals surface area contributed by atoms with Crippen molar-refractivity contribution in [1.29, 1.82) is 0 Å². The van der Waals surface area contributed by atoms with Gasteiger partial charge in [-0.05, 0) is 41.8 Å². The summed E-state index contributed by atoms with van der Waals surface area (Å²) >= 11 is 0. The molecule has 1 aliphatic heterocycles. The zero-order chi connectivity index (χ0) is 15.7. The molecule has 0 aliphatic carbocycles. The first-order valence-corrected chi connectivity index (χ1v) is 9.17. The topological polar surface area (TPSA) is 54.5 Å². The highest BCUT2D eigenvalue weighted by molar-refractivity contribution is 8.13. The third-order valence-corrected chi connectivity index (χ3v) is 5.17. The molecule has 1 amide bonds. The Balaban J connectivity index is 1.81. The van der Waals surface area contributed by atoms with Crippen molar-refractivity contribution < 1.29 is 13.2 Å². The predicted molar refractivity (Wildman–Crippen MR) is 84.4 cm³/mol. The molecule has 1 heterocycles. The van der Waals surface area contributed by atoms with Crippen LogP contribution in [0.3, 0.4) is 0 Å². The normalized spacial score (nSPS) is 14.5. The third-order valence-electron chi connectivity index (χ3n) is 3.80. The number of rotatable bonds is 2. The van der Waals surface area contributed by atoms with Crippen LogP contribution in [-0.4, -0.2) is 25.8 Å². The van der Waals surface area contributed by atoms with Crippen molar-refractivity contribution in [3.8, 4) is 0 Å². The first-order chi connectivity index (χ1) is 10.4. The van der Waals surface area contributed by atoms with Gasteiger partial charge in [-0.2, -0.15) is 0 Å². The quantitative estimate of drug-likeness (QED) is 0.793. The van der Waals surface area contributed by atoms with E-state index in [9.17, 15) is 13.2 Å². The second-order valence-corrected chi connectivity index (χ2v) is 7.77. The molecule has 0 spiro atoms. The molecule has 0 saturated heterocycles. The minimum Gasteiger partial charge on any atom is -0.334 e. The van der Waals surface area contributed by atoms with E-state index < -0.39 is 9.05 Å². The molecule has 0 fully saturated rings. The monoisotopic (exact) mass is 335 g/mol. The first kappa shape index (κ1) is 15.1. The second-order valence-electron chi connectivity index (χ2n) is 5.21. The van der Waals surface area contributed by atoms with Crippen LogP contribution in [0.2, 0.25) is 0 Å². The summed E-state index contributed by atoms with van der Waals surface area (Å²) < 4.78 is 22.4. The summed E-state index contributed by atoms with van der Waals surface area (Å²) in [4.78, 5) is 14.3. The molecular weight excluding hydrogens is 322 g/mol. The summed E-state index contributed by atoms with van der Waals surface area (Å²) in [6.45, 7) is 1.23. The Morgan fingerprint density at radius 3 is 2.27 bits per heavy atom. The van der Waals surface area contributed by atoms with Gasteiger partial charge in [-0.1, -0.05) is 24.3 Å². The van der Waals surface area contributed by atoms with Gasteiger partial charge in [-0.25, -0.2) is 8.42 Å². The van der Waals surface area contributed by atoms with Crippen LogP contribution in [0.25, 0.3) is 0 Å². The van der Waals surface area contributed by atoms with Crippen LogP contribution in [0.4, 0.5) is 0 Å². The fourth-order valence-corrected chi connectivity index (χ4v) is 3.38. The maximum Gasteiger partial charge on any atom is 0.261 e. The van der Waals surface area contributed by atoms with Crippen LogP contribution in [0, 0.1) is 0 Å². The van der Waals surface area contributed by atoms with Crippen LogP contribution in [0.1, 0.15) is 21.5 Å². The highest BCUT2D eigenvalue weighted by atomic mass is 35.7. The van der Waals surface area contributed by atoms with E-state index in [1.807, 2.05) is 18.2 Å². The predicted octanol–water partition coefficient (Wildman–Crippen LogP) is 2.81. The third kappa shape index (κ3) is 3.00. The van der Waals surface area contributed by atoms with E-state index in [0.29, 0.717) is 18.7 Å². The smallest absolute Gasteiger partial charge is 0.261 e. The molecule has 4 nitrogen and oxygen atoms in total. The van der Waals surface area contributed by atoms with Gasteiger partial charge < -0.3 is 4.90 Å². The fourth-order valence-electron chi connectivity index (χ4n) is 2.61. The van der Waals surface area contributed by atoms with E-state index in [-0.39, 0.29) is 10.8 Å². The van der Waals surface area contributed by atoms with Crippen LogP contribution in [0.5, 0.6) is 0 Å². The lowest BCUT2D eigenvalue weighted by Gasteiger charge is -2.29. The zero-order valence-corrected chi connectivity index (χ0v) is 13.3. The largest absolute Gasteiger partial charge is 0.334 e. The molecule has 6 heteroatoms. The van der Waals surface area contributed by atoms with Gasteiger partial charge in [0.05, 0.1) is 4.90 Å². The number of nitrogens with zero attached hydrogens (tertiary/aromatic N) is 1. The summed E-state index contributed by atoms with van der Waals surface area (Å²) in [5.74, 6) is -0.104. The first-order valence-electron chi connectivity index (χ1n) is 6.86. The number of carbonyl (C=O) groups is 1. The average Bonchev–Trinajstić information content (AvgIpc) is 2.53. The molecular formula is C16H14ClNO3S. The number of hydrogen-bond acceptors (Lipinski definition) is 3. The van der Waals surface area contributed by atoms with Crippen molar-refractivity contribution in [3.05, 3.63) is 65.2 Å². The summed E-state index contributed by atoms with van der Waals surface area (Å²) in [5.41, 5.74) is 2.89. The van der Waals surface area contributed by atoms with E-state index in [4.69, 9.17) is 10.7 Å². The number of halogens is 1. The van der Waals surface area contributed by atoms with Gasteiger partial charge in [-0.3, -0.25) is 4.79 Å². The molecule has 0 saturated carbocycles. The van der Waals surface area contributed by atoms with Crippen molar-refractivity contribution in [2.24, 2.45) is 0 Å². The van der Waals surface area contributed by atoms with Gasteiger partial charge in [0.1, 0.15) is 0 Å². The van der Waals surface area contributed by atoms with E-state index in [1.165, 1.54) is 29.8 Å². The summed E-state index contributed by atoms with van der Waals surface area (Å²) in [7, 11) is 1.51. The number of amides is 1. The Hall–Kier alpha value is -1.85. The Labute approximate surface area is 133 Å². The lowest BCUT2D eigenvalue weighted by molar-refractivity contribution is 0.0734. The van der Waals surface area contributed by atoms with E-state index in [1.54, 1.807) is 4.90 Å². The van der Waals surface area contributed by atoms with E-state index in [0.717, 1.165) is 12.0 Å². The summed E-state index contributed by atoms with van der Waals surface area (Å²) in [6.07, 6.45) is 0.829. The SMILES string of the molecule is O=C(c1ccc(S(=O)(=O)Cl)cc1)N1CCc2ccccc2C1. The average molecular weight is 336 g/mol. The van der Waals surface area contributed by atoms with Gasteiger partial charge in [0.15, 0.2) is 0 Å². The Morgan fingerprint density at radius 2 is 1.64 bits per heavy atom. The molecule has 0 aromatic heterocycles. The molecule has 0 unspecified atom stereocenters. The van der Waals surface area contributed by atoms with Crippen LogP contribution >= 0.6 is 10.7 Å². The van der Waals surface area contributed by atoms with Crippen LogP contribution < -0.4 is 0 Å². The molecule has 0 atom stereocenters. The molecule has 1 aliphatic rings. The van der Waals surface area contributed by atoms with Crippen LogP contribution in [0.15, 0.2) is 53.4 Å². The highest BCUT2D eigenvalue weighted by Crippen LogP contribution is 2.21. The zero-order valence-electron chi connectivity index (χ0n) is 11.7. The fraction of sp³-hybridized carbons (Fsp3) is 0.188. The highest BCUT2D eigenvalue weighted by Gasteiger charge is 2.21. The standard InChI is InChI=1S/C16H14ClNO3S/c17-22(20,21)15-7-5-13(6-8-15)16(19)18-10-9-12-3-1-2-4-14(12)11-18/h1-8H,9-11H2. The van der Waals surface area contributed by atoms with Gasteiger partial charge in [0, 0.05) is 29.3 Å². The van der Waals surface area contributed by atoms with Crippen molar-refractivity contribution in [2.75, 3.05) is 6.54 Å². The Morgan fingerprint density at radius 1 is 1.00 bits per heavy atom. The Kier molecular flexibility index (Phi) is 3.93. The van der Waals surface area contributed by atoms with E-state index in [2.05, 4.69) is 6.07 Å². The maximum atomic E-state index is 12.5. The van der Waals surface area contributed by atoms with Gasteiger partial charge in [0.25, 0.3) is 15.0 Å². The van der Waals surface area contributed by atoms with Crippen molar-refractivity contribution in [3.63, 3.8) is 0 Å². The van der Waals surface area contributed by atoms with Gasteiger partial charge >= 0.3 is 0 Å². The van der Waals surface area contributed by atoms with Crippen LogP contribution in [-0.2, 0) is 22.0 Å². The molecule has 0 radical (unpaired) electrons. The summed E-state index contributed by atoms with van der Waals surface area (Å²) in [5, 5.41) is 0. The number of carbonyl (C=O) groups excluding carboxylic acids is 1. The maximum absolute atomic E-state index is 12.5. The van der Waals surface area contributed by atoms with Crippen molar-refractivity contribution in [1.82, 2.24) is 4.90 Å². The second kappa shape index (κ2) is 5.74. The lowest BCUT2D eigenvalue weighted by atomic mass is 9.99. The van der Waals surface area contributed by atoms with Gasteiger partial charge in [0.2, 0.25) is 0 Å².